The summed E-state index contributed by atoms with van der Waals surface area (Å²) in [6.45, 7) is 3.66. The predicted molar refractivity (Wildman–Crippen MR) is 164 cm³/mol. The van der Waals surface area contributed by atoms with E-state index in [0.717, 1.165) is 21.9 Å². The average molecular weight is 609 g/mol. The lowest BCUT2D eigenvalue weighted by Gasteiger charge is -2.41. The lowest BCUT2D eigenvalue weighted by atomic mass is 10.3. The highest BCUT2D eigenvalue weighted by molar-refractivity contribution is 7.00. The van der Waals surface area contributed by atoms with E-state index in [1.165, 1.54) is 0 Å². The Kier molecular flexibility index (Phi) is 10.3. The normalized spacial score (nSPS) is 12.2. The first-order chi connectivity index (χ1) is 19.8. The van der Waals surface area contributed by atoms with Gasteiger partial charge < -0.3 is 35.4 Å². The highest BCUT2D eigenvalue weighted by atomic mass is 28.5. The summed E-state index contributed by atoms with van der Waals surface area (Å²) in [6.07, 6.45) is 0. The van der Waals surface area contributed by atoms with Crippen LogP contribution in [0.3, 0.4) is 0 Å². The van der Waals surface area contributed by atoms with Crippen LogP contribution >= 0.6 is 0 Å². The van der Waals surface area contributed by atoms with Gasteiger partial charge in [0.2, 0.25) is 0 Å². The van der Waals surface area contributed by atoms with E-state index in [9.17, 15) is 0 Å². The Labute approximate surface area is 245 Å². The van der Waals surface area contributed by atoms with Crippen molar-refractivity contribution in [1.82, 2.24) is 0 Å². The number of benzene rings is 4. The van der Waals surface area contributed by atoms with E-state index in [2.05, 4.69) is 0 Å². The van der Waals surface area contributed by atoms with Gasteiger partial charge in [0.1, 0.15) is 23.0 Å². The van der Waals surface area contributed by atoms with Crippen LogP contribution in [0.5, 0.6) is 23.0 Å². The van der Waals surface area contributed by atoms with Crippen molar-refractivity contribution < 1.29 is 35.4 Å². The van der Waals surface area contributed by atoms with Crippen molar-refractivity contribution in [3.8, 4) is 23.0 Å². The first-order valence-corrected chi connectivity index (χ1v) is 19.3. The monoisotopic (exact) mass is 608 g/mol. The van der Waals surface area contributed by atoms with Crippen molar-refractivity contribution >= 4 is 36.5 Å². The maximum atomic E-state index is 6.92. The lowest BCUT2D eigenvalue weighted by molar-refractivity contribution is 0.129. The summed E-state index contributed by atoms with van der Waals surface area (Å²) in [6, 6.07) is 34.5. The third-order valence-corrected chi connectivity index (χ3v) is 17.0. The molecule has 0 aliphatic heterocycles. The van der Waals surface area contributed by atoms with Crippen molar-refractivity contribution in [2.24, 2.45) is 0 Å². The minimum atomic E-state index is -3.62. The van der Waals surface area contributed by atoms with Gasteiger partial charge in [-0.3, -0.25) is 0 Å². The molecule has 0 unspecified atom stereocenters. The molecule has 216 valence electrons. The zero-order valence-corrected chi connectivity index (χ0v) is 27.2. The first kappa shape index (κ1) is 30.8. The van der Waals surface area contributed by atoms with E-state index < -0.39 is 26.2 Å². The first-order valence-electron chi connectivity index (χ1n) is 13.0. The lowest BCUT2D eigenvalue weighted by Crippen LogP contribution is -2.72. The molecule has 0 fully saturated rings. The zero-order valence-electron chi connectivity index (χ0n) is 24.2. The van der Waals surface area contributed by atoms with Gasteiger partial charge in [-0.05, 0) is 58.9 Å². The fourth-order valence-electron chi connectivity index (χ4n) is 4.01. The summed E-state index contributed by atoms with van der Waals surface area (Å²) in [5.41, 5.74) is 0. The largest absolute Gasteiger partial charge is 0.488 e. The van der Waals surface area contributed by atoms with Crippen LogP contribution in [-0.4, -0.2) is 54.6 Å². The van der Waals surface area contributed by atoms with E-state index in [1.54, 1.807) is 28.4 Å². The van der Waals surface area contributed by atoms with Gasteiger partial charge in [-0.25, -0.2) is 0 Å². The summed E-state index contributed by atoms with van der Waals surface area (Å²) in [7, 11) is -3.69. The van der Waals surface area contributed by atoms with Gasteiger partial charge in [-0.15, -0.1) is 0 Å². The summed E-state index contributed by atoms with van der Waals surface area (Å²) in [4.78, 5) is 0. The van der Waals surface area contributed by atoms with Gasteiger partial charge in [0, 0.05) is 41.5 Å². The van der Waals surface area contributed by atoms with Crippen LogP contribution in [0, 0.1) is 0 Å². The third kappa shape index (κ3) is 7.60. The molecule has 0 atom stereocenters. The number of hydrogen-bond acceptors (Lipinski definition) is 8. The number of rotatable bonds is 14. The Morgan fingerprint density at radius 2 is 0.683 bits per heavy atom. The molecular weight excluding hydrogens is 573 g/mol. The number of ether oxygens (including phenoxy) is 2. The second kappa shape index (κ2) is 13.7. The molecule has 0 aliphatic rings. The molecule has 0 spiro atoms. The standard InChI is InChI=1S/C30H36O8Si3/c1-31-39(5,32-2)37-41(38-40(6,33-3)34-4,29-21-17-27(18-22-29)35-25-13-9-7-10-14-25)30-23-19-28(20-24-30)36-26-15-11-8-12-16-26/h7-24H,1-6H3. The topological polar surface area (TPSA) is 73.8 Å². The highest BCUT2D eigenvalue weighted by Gasteiger charge is 2.56. The summed E-state index contributed by atoms with van der Waals surface area (Å²) in [5, 5.41) is 1.60. The van der Waals surface area contributed by atoms with Crippen molar-refractivity contribution in [3.05, 3.63) is 109 Å². The maximum absolute atomic E-state index is 6.92. The van der Waals surface area contributed by atoms with Crippen LogP contribution in [0.1, 0.15) is 0 Å². The van der Waals surface area contributed by atoms with Crippen molar-refractivity contribution in [3.63, 3.8) is 0 Å². The Bertz CT molecular complexity index is 1240. The Morgan fingerprint density at radius 3 is 0.976 bits per heavy atom. The summed E-state index contributed by atoms with van der Waals surface area (Å²) >= 11 is 0. The molecule has 0 radical (unpaired) electrons. The van der Waals surface area contributed by atoms with Crippen LogP contribution in [0.25, 0.3) is 0 Å². The quantitative estimate of drug-likeness (QED) is 0.172. The predicted octanol–water partition coefficient (Wildman–Crippen LogP) is 5.58. The summed E-state index contributed by atoms with van der Waals surface area (Å²) < 4.78 is 49.2. The van der Waals surface area contributed by atoms with Gasteiger partial charge in [0.15, 0.2) is 0 Å². The van der Waals surface area contributed by atoms with Crippen LogP contribution in [0.4, 0.5) is 0 Å². The Morgan fingerprint density at radius 1 is 0.390 bits per heavy atom. The number of hydrogen-bond donors (Lipinski definition) is 0. The van der Waals surface area contributed by atoms with Crippen LogP contribution in [0.2, 0.25) is 13.1 Å². The number of para-hydroxylation sites is 2. The second-order valence-electron chi connectivity index (χ2n) is 9.24. The molecule has 0 heterocycles. The molecule has 0 saturated heterocycles. The van der Waals surface area contributed by atoms with Crippen molar-refractivity contribution in [2.45, 2.75) is 13.1 Å². The van der Waals surface area contributed by atoms with E-state index in [-0.39, 0.29) is 0 Å². The molecule has 0 N–H and O–H groups in total. The highest BCUT2D eigenvalue weighted by Crippen LogP contribution is 2.27. The van der Waals surface area contributed by atoms with E-state index in [4.69, 9.17) is 35.4 Å². The smallest absolute Gasteiger partial charge is 0.457 e. The minimum absolute atomic E-state index is 0.673. The van der Waals surface area contributed by atoms with Gasteiger partial charge in [-0.1, -0.05) is 60.7 Å². The summed E-state index contributed by atoms with van der Waals surface area (Å²) in [5.74, 6) is 2.82. The second-order valence-corrected chi connectivity index (χ2v) is 18.3. The third-order valence-electron chi connectivity index (χ3n) is 6.57. The van der Waals surface area contributed by atoms with Gasteiger partial charge >= 0.3 is 26.2 Å². The molecule has 0 bridgehead atoms. The SMILES string of the molecule is CO[Si](C)(OC)O[Si](O[Si](C)(OC)OC)(c1ccc(Oc2ccccc2)cc1)c1ccc(Oc2ccccc2)cc1. The molecule has 41 heavy (non-hydrogen) atoms. The van der Waals surface area contributed by atoms with E-state index in [0.29, 0.717) is 11.5 Å². The average Bonchev–Trinajstić information content (AvgIpc) is 3.02. The van der Waals surface area contributed by atoms with Crippen LogP contribution < -0.4 is 19.8 Å². The van der Waals surface area contributed by atoms with E-state index >= 15 is 0 Å². The molecule has 0 saturated carbocycles. The molecule has 4 aromatic carbocycles. The molecule has 4 rings (SSSR count). The Hall–Kier alpha value is -3.11. The van der Waals surface area contributed by atoms with Crippen LogP contribution in [-0.2, 0) is 25.9 Å². The molecule has 4 aromatic rings. The van der Waals surface area contributed by atoms with Gasteiger partial charge in [0.05, 0.1) is 0 Å². The Balaban J connectivity index is 1.81. The van der Waals surface area contributed by atoms with Crippen LogP contribution in [0.15, 0.2) is 109 Å². The molecule has 0 aromatic heterocycles. The fraction of sp³-hybridized carbons (Fsp3) is 0.200. The molecule has 0 amide bonds. The van der Waals surface area contributed by atoms with Crippen molar-refractivity contribution in [2.75, 3.05) is 28.4 Å². The fourth-order valence-corrected chi connectivity index (χ4v) is 13.8. The minimum Gasteiger partial charge on any atom is -0.457 e. The molecular formula is C30H36O8Si3. The maximum Gasteiger partial charge on any atom is 0.488 e. The van der Waals surface area contributed by atoms with Crippen molar-refractivity contribution in [1.29, 1.82) is 0 Å². The van der Waals surface area contributed by atoms with Gasteiger partial charge in [0.25, 0.3) is 0 Å². The van der Waals surface area contributed by atoms with E-state index in [1.807, 2.05) is 122 Å². The van der Waals surface area contributed by atoms with Gasteiger partial charge in [-0.2, -0.15) is 0 Å². The molecule has 11 heteroatoms. The molecule has 0 aliphatic carbocycles. The molecule has 8 nitrogen and oxygen atoms in total. The zero-order chi connectivity index (χ0) is 29.3.